The number of nitrogens with one attached hydrogen (secondary N) is 1. The molecule has 0 aromatic heterocycles. The predicted molar refractivity (Wildman–Crippen MR) is 86.9 cm³/mol. The summed E-state index contributed by atoms with van der Waals surface area (Å²) < 4.78 is 13.0. The lowest BCUT2D eigenvalue weighted by Crippen LogP contribution is -2.35. The van der Waals surface area contributed by atoms with E-state index in [1.807, 2.05) is 19.2 Å². The molecule has 0 saturated carbocycles. The van der Waals surface area contributed by atoms with Crippen LogP contribution in [0.1, 0.15) is 50.6 Å². The third-order valence-corrected chi connectivity index (χ3v) is 4.76. The van der Waals surface area contributed by atoms with E-state index in [1.54, 1.807) is 12.1 Å². The topological polar surface area (TPSA) is 15.3 Å². The number of halogens is 1. The van der Waals surface area contributed by atoms with Crippen LogP contribution in [0, 0.1) is 11.7 Å². The second-order valence-corrected chi connectivity index (χ2v) is 6.26. The highest BCUT2D eigenvalue weighted by Gasteiger charge is 2.19. The summed E-state index contributed by atoms with van der Waals surface area (Å²) in [5, 5.41) is 3.36. The molecule has 1 aromatic rings. The van der Waals surface area contributed by atoms with Gasteiger partial charge in [0.15, 0.2) is 0 Å². The molecule has 1 atom stereocenters. The molecule has 1 saturated heterocycles. The molecule has 0 amide bonds. The molecule has 2 rings (SSSR count). The zero-order valence-corrected chi connectivity index (χ0v) is 13.4. The third kappa shape index (κ3) is 5.08. The number of nitrogens with zero attached hydrogens (tertiary/aromatic N) is 1. The van der Waals surface area contributed by atoms with Crippen LogP contribution in [0.15, 0.2) is 24.3 Å². The Morgan fingerprint density at radius 3 is 2.48 bits per heavy atom. The summed E-state index contributed by atoms with van der Waals surface area (Å²) in [6, 6.07) is 7.21. The van der Waals surface area contributed by atoms with Crippen molar-refractivity contribution in [2.75, 3.05) is 26.7 Å². The van der Waals surface area contributed by atoms with E-state index in [4.69, 9.17) is 0 Å². The standard InChI is InChI=1S/C18H29FN2/c1-3-4-15-9-12-21(13-10-15)14-11-18(20-2)16-5-7-17(19)8-6-16/h5-8,15,18,20H,3-4,9-14H2,1-2H3. The van der Waals surface area contributed by atoms with E-state index < -0.39 is 0 Å². The Labute approximate surface area is 128 Å². The summed E-state index contributed by atoms with van der Waals surface area (Å²) in [5.74, 6) is 0.787. The average Bonchev–Trinajstić information content (AvgIpc) is 2.51. The van der Waals surface area contributed by atoms with E-state index in [0.717, 1.165) is 18.9 Å². The predicted octanol–water partition coefficient (Wildman–Crippen LogP) is 3.99. The SMILES string of the molecule is CCCC1CCN(CCC(NC)c2ccc(F)cc2)CC1. The van der Waals surface area contributed by atoms with Gasteiger partial charge in [0.1, 0.15) is 5.82 Å². The van der Waals surface area contributed by atoms with Gasteiger partial charge < -0.3 is 10.2 Å². The fourth-order valence-corrected chi connectivity index (χ4v) is 3.39. The molecule has 3 heteroatoms. The molecule has 0 aliphatic carbocycles. The smallest absolute Gasteiger partial charge is 0.123 e. The number of rotatable bonds is 7. The van der Waals surface area contributed by atoms with E-state index in [1.165, 1.54) is 44.3 Å². The lowest BCUT2D eigenvalue weighted by molar-refractivity contribution is 0.172. The lowest BCUT2D eigenvalue weighted by atomic mass is 9.92. The van der Waals surface area contributed by atoms with Gasteiger partial charge in [-0.2, -0.15) is 0 Å². The number of hydrogen-bond acceptors (Lipinski definition) is 2. The highest BCUT2D eigenvalue weighted by atomic mass is 19.1. The van der Waals surface area contributed by atoms with Crippen molar-refractivity contribution in [2.45, 2.75) is 45.1 Å². The molecular weight excluding hydrogens is 263 g/mol. The summed E-state index contributed by atoms with van der Waals surface area (Å²) in [7, 11) is 1.99. The van der Waals surface area contributed by atoms with Crippen LogP contribution in [0.4, 0.5) is 4.39 Å². The number of hydrogen-bond donors (Lipinski definition) is 1. The molecule has 2 nitrogen and oxygen atoms in total. The van der Waals surface area contributed by atoms with Crippen LogP contribution in [-0.2, 0) is 0 Å². The fraction of sp³-hybridized carbons (Fsp3) is 0.667. The quantitative estimate of drug-likeness (QED) is 0.817. The number of piperidine rings is 1. The summed E-state index contributed by atoms with van der Waals surface area (Å²) >= 11 is 0. The molecule has 1 heterocycles. The highest BCUT2D eigenvalue weighted by Crippen LogP contribution is 2.23. The van der Waals surface area contributed by atoms with Gasteiger partial charge in [0.2, 0.25) is 0 Å². The van der Waals surface area contributed by atoms with Crippen LogP contribution < -0.4 is 5.32 Å². The van der Waals surface area contributed by atoms with Crippen LogP contribution in [0.25, 0.3) is 0 Å². The summed E-state index contributed by atoms with van der Waals surface area (Å²) in [6.07, 6.45) is 6.50. The van der Waals surface area contributed by atoms with Crippen LogP contribution >= 0.6 is 0 Å². The van der Waals surface area contributed by atoms with Gasteiger partial charge in [-0.05, 0) is 69.6 Å². The van der Waals surface area contributed by atoms with Crippen LogP contribution in [0.5, 0.6) is 0 Å². The van der Waals surface area contributed by atoms with Crippen molar-refractivity contribution in [3.8, 4) is 0 Å². The minimum absolute atomic E-state index is 0.161. The number of benzene rings is 1. The van der Waals surface area contributed by atoms with Crippen molar-refractivity contribution >= 4 is 0 Å². The zero-order valence-electron chi connectivity index (χ0n) is 13.4. The molecule has 118 valence electrons. The van der Waals surface area contributed by atoms with E-state index in [2.05, 4.69) is 17.1 Å². The summed E-state index contributed by atoms with van der Waals surface area (Å²) in [5.41, 5.74) is 1.18. The molecule has 1 unspecified atom stereocenters. The van der Waals surface area contributed by atoms with Crippen LogP contribution in [0.3, 0.4) is 0 Å². The number of likely N-dealkylation sites (tertiary alicyclic amines) is 1. The van der Waals surface area contributed by atoms with Gasteiger partial charge in [0, 0.05) is 6.04 Å². The van der Waals surface area contributed by atoms with Gasteiger partial charge in [0.05, 0.1) is 0 Å². The molecule has 1 N–H and O–H groups in total. The summed E-state index contributed by atoms with van der Waals surface area (Å²) in [6.45, 7) is 5.89. The first kappa shape index (κ1) is 16.4. The minimum atomic E-state index is -0.161. The van der Waals surface area contributed by atoms with E-state index >= 15 is 0 Å². The van der Waals surface area contributed by atoms with Crippen molar-refractivity contribution in [2.24, 2.45) is 5.92 Å². The van der Waals surface area contributed by atoms with Crippen molar-refractivity contribution in [3.05, 3.63) is 35.6 Å². The van der Waals surface area contributed by atoms with Gasteiger partial charge in [-0.15, -0.1) is 0 Å². The van der Waals surface area contributed by atoms with E-state index in [-0.39, 0.29) is 5.82 Å². The van der Waals surface area contributed by atoms with E-state index in [9.17, 15) is 4.39 Å². The first-order valence-corrected chi connectivity index (χ1v) is 8.38. The van der Waals surface area contributed by atoms with Gasteiger partial charge in [0.25, 0.3) is 0 Å². The Morgan fingerprint density at radius 1 is 1.24 bits per heavy atom. The molecule has 1 fully saturated rings. The van der Waals surface area contributed by atoms with E-state index in [0.29, 0.717) is 6.04 Å². The molecule has 1 aromatic carbocycles. The maximum Gasteiger partial charge on any atom is 0.123 e. The molecule has 0 radical (unpaired) electrons. The van der Waals surface area contributed by atoms with Crippen LogP contribution in [0.2, 0.25) is 0 Å². The molecule has 0 spiro atoms. The summed E-state index contributed by atoms with van der Waals surface area (Å²) in [4.78, 5) is 2.58. The van der Waals surface area contributed by atoms with Gasteiger partial charge in [-0.1, -0.05) is 31.9 Å². The zero-order chi connectivity index (χ0) is 15.1. The Balaban J connectivity index is 1.77. The van der Waals surface area contributed by atoms with Crippen molar-refractivity contribution < 1.29 is 4.39 Å². The normalized spacial score (nSPS) is 18.8. The minimum Gasteiger partial charge on any atom is -0.313 e. The Morgan fingerprint density at radius 2 is 1.90 bits per heavy atom. The maximum atomic E-state index is 13.0. The molecular formula is C18H29FN2. The third-order valence-electron chi connectivity index (χ3n) is 4.76. The van der Waals surface area contributed by atoms with Crippen LogP contribution in [-0.4, -0.2) is 31.6 Å². The van der Waals surface area contributed by atoms with Crippen molar-refractivity contribution in [1.82, 2.24) is 10.2 Å². The molecule has 0 bridgehead atoms. The molecule has 1 aliphatic rings. The van der Waals surface area contributed by atoms with Crippen molar-refractivity contribution in [3.63, 3.8) is 0 Å². The second kappa shape index (κ2) is 8.50. The Bertz CT molecular complexity index is 396. The maximum absolute atomic E-state index is 13.0. The van der Waals surface area contributed by atoms with Gasteiger partial charge in [-0.3, -0.25) is 0 Å². The monoisotopic (exact) mass is 292 g/mol. The fourth-order valence-electron chi connectivity index (χ4n) is 3.39. The van der Waals surface area contributed by atoms with Gasteiger partial charge >= 0.3 is 0 Å². The first-order chi connectivity index (χ1) is 10.2. The molecule has 21 heavy (non-hydrogen) atoms. The van der Waals surface area contributed by atoms with Crippen molar-refractivity contribution in [1.29, 1.82) is 0 Å². The highest BCUT2D eigenvalue weighted by molar-refractivity contribution is 5.19. The lowest BCUT2D eigenvalue weighted by Gasteiger charge is -2.32. The largest absolute Gasteiger partial charge is 0.313 e. The first-order valence-electron chi connectivity index (χ1n) is 8.38. The molecule has 1 aliphatic heterocycles. The second-order valence-electron chi connectivity index (χ2n) is 6.26. The average molecular weight is 292 g/mol. The Kier molecular flexibility index (Phi) is 6.65. The Hall–Kier alpha value is -0.930. The van der Waals surface area contributed by atoms with Gasteiger partial charge in [-0.25, -0.2) is 4.39 Å².